The van der Waals surface area contributed by atoms with Gasteiger partial charge >= 0.3 is 0 Å². The maximum absolute atomic E-state index is 13.3. The molecule has 4 rings (SSSR count). The topological polar surface area (TPSA) is 81.9 Å². The highest BCUT2D eigenvalue weighted by Gasteiger charge is 2.10. The smallest absolute Gasteiger partial charge is 0.255 e. The molecule has 2 aromatic heterocycles. The van der Waals surface area contributed by atoms with E-state index in [1.165, 1.54) is 6.07 Å². The molecular weight excluding hydrogens is 380 g/mol. The number of halogens is 2. The van der Waals surface area contributed by atoms with Gasteiger partial charge in [0.1, 0.15) is 5.75 Å². The number of anilines is 1. The zero-order valence-corrected chi connectivity index (χ0v) is 14.8. The first-order valence-electron chi connectivity index (χ1n) is 8.46. The highest BCUT2D eigenvalue weighted by atomic mass is 19.2. The summed E-state index contributed by atoms with van der Waals surface area (Å²) in [5.41, 5.74) is 0.476. The molecule has 4 aromatic rings. The Morgan fingerprint density at radius 3 is 2.45 bits per heavy atom. The summed E-state index contributed by atoms with van der Waals surface area (Å²) < 4.78 is 33.4. The summed E-state index contributed by atoms with van der Waals surface area (Å²) in [6.07, 6.45) is 3.39. The molecule has 0 fully saturated rings. The van der Waals surface area contributed by atoms with Gasteiger partial charge in [0.05, 0.1) is 0 Å². The Labute approximate surface area is 163 Å². The van der Waals surface area contributed by atoms with Crippen LogP contribution in [0, 0.1) is 11.6 Å². The van der Waals surface area contributed by atoms with Crippen molar-refractivity contribution in [1.29, 1.82) is 0 Å². The molecule has 0 spiro atoms. The molecule has 29 heavy (non-hydrogen) atoms. The molecule has 0 aliphatic carbocycles. The van der Waals surface area contributed by atoms with Gasteiger partial charge in [0, 0.05) is 29.7 Å². The summed E-state index contributed by atoms with van der Waals surface area (Å²) in [6.45, 7) is 0. The normalized spacial score (nSPS) is 10.6. The maximum atomic E-state index is 13.3. The van der Waals surface area contributed by atoms with E-state index in [0.29, 0.717) is 23.1 Å². The van der Waals surface area contributed by atoms with Gasteiger partial charge in [-0.1, -0.05) is 0 Å². The predicted molar refractivity (Wildman–Crippen MR) is 100.0 cm³/mol. The minimum absolute atomic E-state index is 0.0109. The van der Waals surface area contributed by atoms with E-state index in [1.807, 2.05) is 0 Å². The summed E-state index contributed by atoms with van der Waals surface area (Å²) in [5, 5.41) is 14.7. The lowest BCUT2D eigenvalue weighted by atomic mass is 10.2. The highest BCUT2D eigenvalue weighted by Crippen LogP contribution is 2.22. The van der Waals surface area contributed by atoms with E-state index in [-0.39, 0.29) is 5.56 Å². The summed E-state index contributed by atoms with van der Waals surface area (Å²) in [7, 11) is 0. The molecule has 1 N–H and O–H groups in total. The van der Waals surface area contributed by atoms with E-state index >= 15 is 0 Å². The van der Waals surface area contributed by atoms with Gasteiger partial charge in [-0.05, 0) is 54.6 Å². The van der Waals surface area contributed by atoms with Crippen LogP contribution in [-0.2, 0) is 0 Å². The zero-order chi connectivity index (χ0) is 20.2. The van der Waals surface area contributed by atoms with Crippen LogP contribution < -0.4 is 10.1 Å². The number of carbonyl (C=O) groups is 1. The summed E-state index contributed by atoms with van der Waals surface area (Å²) in [6, 6.07) is 14.6. The van der Waals surface area contributed by atoms with Crippen LogP contribution in [0.1, 0.15) is 10.4 Å². The third kappa shape index (κ3) is 4.24. The lowest BCUT2D eigenvalue weighted by Crippen LogP contribution is -2.12. The van der Waals surface area contributed by atoms with Crippen LogP contribution in [0.25, 0.3) is 5.82 Å². The standard InChI is InChI=1S/C20H13F2N5O2/c21-16-7-2-13(12-17(16)22)20(28)24-14-3-5-15(6-4-14)29-19-9-8-18(25-26-19)27-11-1-10-23-27/h1-12H,(H,24,28). The van der Waals surface area contributed by atoms with Crippen LogP contribution in [0.5, 0.6) is 11.6 Å². The van der Waals surface area contributed by atoms with Crippen molar-refractivity contribution in [3.63, 3.8) is 0 Å². The molecule has 0 atom stereocenters. The van der Waals surface area contributed by atoms with Gasteiger partial charge in [0.2, 0.25) is 5.88 Å². The molecule has 0 aliphatic heterocycles. The number of aromatic nitrogens is 4. The first kappa shape index (κ1) is 18.2. The Kier molecular flexibility index (Phi) is 4.93. The Morgan fingerprint density at radius 2 is 1.79 bits per heavy atom. The minimum Gasteiger partial charge on any atom is -0.438 e. The van der Waals surface area contributed by atoms with Crippen molar-refractivity contribution in [3.05, 3.63) is 90.3 Å². The lowest BCUT2D eigenvalue weighted by molar-refractivity contribution is 0.102. The van der Waals surface area contributed by atoms with Gasteiger partial charge in [0.15, 0.2) is 17.5 Å². The maximum Gasteiger partial charge on any atom is 0.255 e. The molecule has 9 heteroatoms. The second-order valence-corrected chi connectivity index (χ2v) is 5.89. The van der Waals surface area contributed by atoms with Crippen LogP contribution in [0.3, 0.4) is 0 Å². The highest BCUT2D eigenvalue weighted by molar-refractivity contribution is 6.04. The van der Waals surface area contributed by atoms with Gasteiger partial charge in [-0.3, -0.25) is 4.79 Å². The monoisotopic (exact) mass is 393 g/mol. The van der Waals surface area contributed by atoms with E-state index in [2.05, 4.69) is 20.6 Å². The molecule has 0 aliphatic rings. The molecule has 0 bridgehead atoms. The van der Waals surface area contributed by atoms with Crippen LogP contribution in [0.2, 0.25) is 0 Å². The Morgan fingerprint density at radius 1 is 0.966 bits per heavy atom. The summed E-state index contributed by atoms with van der Waals surface area (Å²) in [4.78, 5) is 12.1. The molecule has 144 valence electrons. The number of nitrogens with one attached hydrogen (secondary N) is 1. The van der Waals surface area contributed by atoms with E-state index in [1.54, 1.807) is 59.5 Å². The number of ether oxygens (including phenoxy) is 1. The lowest BCUT2D eigenvalue weighted by Gasteiger charge is -2.08. The number of nitrogens with zero attached hydrogens (tertiary/aromatic N) is 4. The van der Waals surface area contributed by atoms with Crippen molar-refractivity contribution in [2.24, 2.45) is 0 Å². The van der Waals surface area contributed by atoms with Crippen molar-refractivity contribution in [2.45, 2.75) is 0 Å². The van der Waals surface area contributed by atoms with Gasteiger partial charge < -0.3 is 10.1 Å². The Bertz CT molecular complexity index is 1130. The van der Waals surface area contributed by atoms with Crippen LogP contribution in [0.4, 0.5) is 14.5 Å². The molecule has 7 nitrogen and oxygen atoms in total. The molecule has 0 saturated heterocycles. The fraction of sp³-hybridized carbons (Fsp3) is 0. The van der Waals surface area contributed by atoms with E-state index in [9.17, 15) is 13.6 Å². The molecule has 2 heterocycles. The van der Waals surface area contributed by atoms with Crippen LogP contribution >= 0.6 is 0 Å². The number of carbonyl (C=O) groups excluding carboxylic acids is 1. The number of hydrogen-bond acceptors (Lipinski definition) is 5. The SMILES string of the molecule is O=C(Nc1ccc(Oc2ccc(-n3cccn3)nn2)cc1)c1ccc(F)c(F)c1. The molecule has 2 aromatic carbocycles. The molecule has 0 unspecified atom stereocenters. The van der Waals surface area contributed by atoms with Gasteiger partial charge in [0.25, 0.3) is 5.91 Å². The van der Waals surface area contributed by atoms with E-state index in [0.717, 1.165) is 12.1 Å². The van der Waals surface area contributed by atoms with Crippen LogP contribution in [0.15, 0.2) is 73.1 Å². The molecule has 1 amide bonds. The van der Waals surface area contributed by atoms with Crippen molar-refractivity contribution in [2.75, 3.05) is 5.32 Å². The van der Waals surface area contributed by atoms with E-state index in [4.69, 9.17) is 4.74 Å². The van der Waals surface area contributed by atoms with Gasteiger partial charge in [-0.2, -0.15) is 5.10 Å². The van der Waals surface area contributed by atoms with Gasteiger partial charge in [-0.15, -0.1) is 10.2 Å². The third-order valence-corrected chi connectivity index (χ3v) is 3.88. The second-order valence-electron chi connectivity index (χ2n) is 5.89. The Hall–Kier alpha value is -4.14. The first-order valence-corrected chi connectivity index (χ1v) is 8.46. The average Bonchev–Trinajstić information content (AvgIpc) is 3.27. The number of rotatable bonds is 5. The second kappa shape index (κ2) is 7.85. The average molecular weight is 393 g/mol. The Balaban J connectivity index is 1.40. The minimum atomic E-state index is -1.08. The largest absolute Gasteiger partial charge is 0.438 e. The number of hydrogen-bond donors (Lipinski definition) is 1. The third-order valence-electron chi connectivity index (χ3n) is 3.88. The summed E-state index contributed by atoms with van der Waals surface area (Å²) >= 11 is 0. The predicted octanol–water partition coefficient (Wildman–Crippen LogP) is 3.99. The number of benzene rings is 2. The fourth-order valence-corrected chi connectivity index (χ4v) is 2.46. The van der Waals surface area contributed by atoms with Gasteiger partial charge in [-0.25, -0.2) is 13.5 Å². The fourth-order valence-electron chi connectivity index (χ4n) is 2.46. The quantitative estimate of drug-likeness (QED) is 0.555. The van der Waals surface area contributed by atoms with Crippen molar-refractivity contribution < 1.29 is 18.3 Å². The molecule has 0 radical (unpaired) electrons. The van der Waals surface area contributed by atoms with Crippen molar-refractivity contribution >= 4 is 11.6 Å². The van der Waals surface area contributed by atoms with Crippen LogP contribution in [-0.4, -0.2) is 25.9 Å². The van der Waals surface area contributed by atoms with Crippen molar-refractivity contribution in [1.82, 2.24) is 20.0 Å². The first-order chi connectivity index (χ1) is 14.1. The number of amides is 1. The molecular formula is C20H13F2N5O2. The zero-order valence-electron chi connectivity index (χ0n) is 14.8. The van der Waals surface area contributed by atoms with E-state index < -0.39 is 17.5 Å². The van der Waals surface area contributed by atoms with Crippen molar-refractivity contribution in [3.8, 4) is 17.4 Å². The summed E-state index contributed by atoms with van der Waals surface area (Å²) in [5.74, 6) is -1.32. The molecule has 0 saturated carbocycles.